The number of nitrogens with one attached hydrogen (secondary N) is 1. The quantitative estimate of drug-likeness (QED) is 0.443. The number of hydrogen-bond acceptors (Lipinski definition) is 3. The molecule has 0 saturated heterocycles. The van der Waals surface area contributed by atoms with Crippen molar-refractivity contribution in [3.05, 3.63) is 24.3 Å². The van der Waals surface area contributed by atoms with E-state index in [0.29, 0.717) is 0 Å². The second-order valence-corrected chi connectivity index (χ2v) is 4.06. The molecule has 0 aliphatic carbocycles. The van der Waals surface area contributed by atoms with Crippen LogP contribution in [0, 0.1) is 0 Å². The fourth-order valence-electron chi connectivity index (χ4n) is 1.02. The molecule has 0 amide bonds. The number of hydrogen-bond donors (Lipinski definition) is 2. The van der Waals surface area contributed by atoms with Gasteiger partial charge in [-0.2, -0.15) is 12.6 Å². The van der Waals surface area contributed by atoms with Crippen LogP contribution in [0.4, 0.5) is 5.69 Å². The number of thiol groups is 1. The minimum Gasteiger partial charge on any atom is -0.385 e. The van der Waals surface area contributed by atoms with Crippen molar-refractivity contribution in [2.75, 3.05) is 23.9 Å². The van der Waals surface area contributed by atoms with Crippen LogP contribution in [0.3, 0.4) is 0 Å². The first-order valence-electron chi connectivity index (χ1n) is 4.35. The lowest BCUT2D eigenvalue weighted by molar-refractivity contribution is 0.995. The van der Waals surface area contributed by atoms with Crippen molar-refractivity contribution < 1.29 is 0 Å². The lowest BCUT2D eigenvalue weighted by atomic mass is 10.3. The van der Waals surface area contributed by atoms with Gasteiger partial charge >= 0.3 is 0 Å². The molecule has 13 heavy (non-hydrogen) atoms. The molecule has 0 spiro atoms. The summed E-state index contributed by atoms with van der Waals surface area (Å²) in [5.41, 5.74) is 1.19. The minimum absolute atomic E-state index is 0.940. The van der Waals surface area contributed by atoms with Gasteiger partial charge in [0.15, 0.2) is 0 Å². The SMILES string of the molecule is CSc1ccc(NCCCS)cc1. The molecule has 0 radical (unpaired) electrons. The molecule has 1 aromatic carbocycles. The van der Waals surface area contributed by atoms with Gasteiger partial charge in [-0.25, -0.2) is 0 Å². The highest BCUT2D eigenvalue weighted by Gasteiger charge is 1.91. The molecule has 72 valence electrons. The maximum absolute atomic E-state index is 4.16. The van der Waals surface area contributed by atoms with Crippen molar-refractivity contribution >= 4 is 30.1 Å². The van der Waals surface area contributed by atoms with Gasteiger partial charge in [-0.3, -0.25) is 0 Å². The summed E-state index contributed by atoms with van der Waals surface area (Å²) in [5, 5.41) is 3.34. The van der Waals surface area contributed by atoms with E-state index in [1.807, 2.05) is 0 Å². The van der Waals surface area contributed by atoms with Gasteiger partial charge in [0.2, 0.25) is 0 Å². The van der Waals surface area contributed by atoms with Crippen LogP contribution in [-0.4, -0.2) is 18.6 Å². The van der Waals surface area contributed by atoms with Gasteiger partial charge in [-0.15, -0.1) is 11.8 Å². The first-order chi connectivity index (χ1) is 6.36. The van der Waals surface area contributed by atoms with Crippen LogP contribution in [0.5, 0.6) is 0 Å². The van der Waals surface area contributed by atoms with Crippen LogP contribution in [0.15, 0.2) is 29.2 Å². The van der Waals surface area contributed by atoms with Gasteiger partial charge in [0.05, 0.1) is 0 Å². The summed E-state index contributed by atoms with van der Waals surface area (Å²) in [6.45, 7) is 1.00. The second-order valence-electron chi connectivity index (χ2n) is 2.73. The summed E-state index contributed by atoms with van der Waals surface area (Å²) < 4.78 is 0. The van der Waals surface area contributed by atoms with Crippen LogP contribution in [0.2, 0.25) is 0 Å². The third kappa shape index (κ3) is 3.96. The molecule has 1 aromatic rings. The maximum Gasteiger partial charge on any atom is 0.0340 e. The average Bonchev–Trinajstić information content (AvgIpc) is 2.19. The molecular weight excluding hydrogens is 198 g/mol. The highest BCUT2D eigenvalue weighted by molar-refractivity contribution is 7.98. The third-order valence-corrected chi connectivity index (χ3v) is 2.81. The van der Waals surface area contributed by atoms with E-state index < -0.39 is 0 Å². The van der Waals surface area contributed by atoms with Crippen LogP contribution >= 0.6 is 24.4 Å². The zero-order valence-electron chi connectivity index (χ0n) is 7.79. The van der Waals surface area contributed by atoms with E-state index in [2.05, 4.69) is 48.5 Å². The number of anilines is 1. The molecule has 0 heterocycles. The van der Waals surface area contributed by atoms with E-state index in [1.165, 1.54) is 10.6 Å². The van der Waals surface area contributed by atoms with E-state index in [1.54, 1.807) is 11.8 Å². The summed E-state index contributed by atoms with van der Waals surface area (Å²) in [7, 11) is 0. The van der Waals surface area contributed by atoms with Crippen LogP contribution in [-0.2, 0) is 0 Å². The molecule has 0 aliphatic rings. The second kappa shape index (κ2) is 6.22. The summed E-state index contributed by atoms with van der Waals surface area (Å²) in [4.78, 5) is 1.31. The van der Waals surface area contributed by atoms with Crippen molar-refractivity contribution in [1.29, 1.82) is 0 Å². The summed E-state index contributed by atoms with van der Waals surface area (Å²) >= 11 is 5.92. The van der Waals surface area contributed by atoms with E-state index >= 15 is 0 Å². The first-order valence-corrected chi connectivity index (χ1v) is 6.21. The lowest BCUT2D eigenvalue weighted by Gasteiger charge is -2.05. The van der Waals surface area contributed by atoms with Crippen LogP contribution in [0.25, 0.3) is 0 Å². The average molecular weight is 213 g/mol. The summed E-state index contributed by atoms with van der Waals surface area (Å²) in [5.74, 6) is 0.940. The Morgan fingerprint density at radius 1 is 1.31 bits per heavy atom. The molecule has 0 bridgehead atoms. The van der Waals surface area contributed by atoms with Gasteiger partial charge < -0.3 is 5.32 Å². The van der Waals surface area contributed by atoms with E-state index in [9.17, 15) is 0 Å². The van der Waals surface area contributed by atoms with Crippen LogP contribution < -0.4 is 5.32 Å². The number of benzene rings is 1. The van der Waals surface area contributed by atoms with E-state index in [4.69, 9.17) is 0 Å². The van der Waals surface area contributed by atoms with Gasteiger partial charge in [-0.05, 0) is 42.7 Å². The van der Waals surface area contributed by atoms with Crippen molar-refractivity contribution in [2.24, 2.45) is 0 Å². The molecule has 0 fully saturated rings. The topological polar surface area (TPSA) is 12.0 Å². The lowest BCUT2D eigenvalue weighted by Crippen LogP contribution is -2.01. The molecule has 1 nitrogen and oxygen atoms in total. The molecule has 1 rings (SSSR count). The summed E-state index contributed by atoms with van der Waals surface area (Å²) in [6.07, 6.45) is 3.19. The zero-order valence-corrected chi connectivity index (χ0v) is 9.50. The highest BCUT2D eigenvalue weighted by Crippen LogP contribution is 2.17. The Hall–Kier alpha value is -0.280. The minimum atomic E-state index is 0.940. The van der Waals surface area contributed by atoms with E-state index in [-0.39, 0.29) is 0 Å². The number of thioether (sulfide) groups is 1. The predicted molar refractivity (Wildman–Crippen MR) is 65.2 cm³/mol. The Kier molecular flexibility index (Phi) is 5.16. The van der Waals surface area contributed by atoms with Crippen LogP contribution in [0.1, 0.15) is 6.42 Å². The third-order valence-electron chi connectivity index (χ3n) is 1.75. The van der Waals surface area contributed by atoms with Gasteiger partial charge in [0.25, 0.3) is 0 Å². The summed E-state index contributed by atoms with van der Waals surface area (Å²) in [6, 6.07) is 8.50. The molecular formula is C10H15NS2. The predicted octanol–water partition coefficient (Wildman–Crippen LogP) is 3.14. The van der Waals surface area contributed by atoms with E-state index in [0.717, 1.165) is 18.7 Å². The molecule has 0 aromatic heterocycles. The zero-order chi connectivity index (χ0) is 9.52. The highest BCUT2D eigenvalue weighted by atomic mass is 32.2. The maximum atomic E-state index is 4.16. The van der Waals surface area contributed by atoms with Crippen molar-refractivity contribution in [2.45, 2.75) is 11.3 Å². The standard InChI is InChI=1S/C10H15NS2/c1-13-10-5-3-9(4-6-10)11-7-2-8-12/h3-6,11-12H,2,7-8H2,1H3. The molecule has 0 saturated carbocycles. The largest absolute Gasteiger partial charge is 0.385 e. The fourth-order valence-corrected chi connectivity index (χ4v) is 1.59. The Morgan fingerprint density at radius 3 is 2.54 bits per heavy atom. The van der Waals surface area contributed by atoms with Crippen molar-refractivity contribution in [3.63, 3.8) is 0 Å². The Balaban J connectivity index is 2.40. The molecule has 0 atom stereocenters. The van der Waals surface area contributed by atoms with Gasteiger partial charge in [0.1, 0.15) is 0 Å². The monoisotopic (exact) mass is 213 g/mol. The molecule has 0 unspecified atom stereocenters. The van der Waals surface area contributed by atoms with Gasteiger partial charge in [-0.1, -0.05) is 0 Å². The molecule has 3 heteroatoms. The first kappa shape index (κ1) is 10.8. The Bertz CT molecular complexity index is 233. The fraction of sp³-hybridized carbons (Fsp3) is 0.400. The Labute approximate surface area is 89.7 Å². The molecule has 0 aliphatic heterocycles. The normalized spacial score (nSPS) is 10.0. The Morgan fingerprint density at radius 2 is 2.00 bits per heavy atom. The smallest absolute Gasteiger partial charge is 0.0340 e. The molecule has 1 N–H and O–H groups in total. The van der Waals surface area contributed by atoms with Gasteiger partial charge in [0, 0.05) is 17.1 Å². The number of rotatable bonds is 5. The van der Waals surface area contributed by atoms with Crippen molar-refractivity contribution in [1.82, 2.24) is 0 Å². The van der Waals surface area contributed by atoms with Crippen molar-refractivity contribution in [3.8, 4) is 0 Å².